The zero-order chi connectivity index (χ0) is 13.1. The predicted molar refractivity (Wildman–Crippen MR) is 70.8 cm³/mol. The Balaban J connectivity index is 2.16. The molecule has 0 atom stereocenters. The standard InChI is InChI=1S/C13H20N4O/c1-9-4-6-17(7-5-9)13-15-8-11(10(2)16-13)12(18)14-3/h8-9H,4-7H2,1-3H3,(H,14,18). The van der Waals surface area contributed by atoms with Crippen LogP contribution in [-0.2, 0) is 0 Å². The Morgan fingerprint density at radius 1 is 1.44 bits per heavy atom. The number of rotatable bonds is 2. The Morgan fingerprint density at radius 3 is 2.67 bits per heavy atom. The van der Waals surface area contributed by atoms with E-state index in [0.29, 0.717) is 5.56 Å². The Hall–Kier alpha value is -1.65. The highest BCUT2D eigenvalue weighted by Crippen LogP contribution is 2.20. The summed E-state index contributed by atoms with van der Waals surface area (Å²) in [6.07, 6.45) is 3.98. The number of aryl methyl sites for hydroxylation is 1. The summed E-state index contributed by atoms with van der Waals surface area (Å²) in [4.78, 5) is 22.5. The van der Waals surface area contributed by atoms with E-state index >= 15 is 0 Å². The molecule has 1 aliphatic rings. The van der Waals surface area contributed by atoms with E-state index in [1.54, 1.807) is 13.2 Å². The van der Waals surface area contributed by atoms with Crippen LogP contribution < -0.4 is 10.2 Å². The highest BCUT2D eigenvalue weighted by molar-refractivity contribution is 5.94. The summed E-state index contributed by atoms with van der Waals surface area (Å²) in [5, 5.41) is 2.59. The number of nitrogens with zero attached hydrogens (tertiary/aromatic N) is 3. The van der Waals surface area contributed by atoms with Crippen molar-refractivity contribution in [2.75, 3.05) is 25.0 Å². The Kier molecular flexibility index (Phi) is 3.79. The van der Waals surface area contributed by atoms with Crippen LogP contribution in [0.3, 0.4) is 0 Å². The zero-order valence-electron chi connectivity index (χ0n) is 11.2. The van der Waals surface area contributed by atoms with E-state index in [1.807, 2.05) is 6.92 Å². The largest absolute Gasteiger partial charge is 0.355 e. The molecule has 0 radical (unpaired) electrons. The number of hydrogen-bond donors (Lipinski definition) is 1. The first kappa shape index (κ1) is 12.8. The lowest BCUT2D eigenvalue weighted by Crippen LogP contribution is -2.34. The summed E-state index contributed by atoms with van der Waals surface area (Å²) < 4.78 is 0. The van der Waals surface area contributed by atoms with Crippen molar-refractivity contribution in [2.45, 2.75) is 26.7 Å². The predicted octanol–water partition coefficient (Wildman–Crippen LogP) is 1.38. The smallest absolute Gasteiger partial charge is 0.254 e. The average molecular weight is 248 g/mol. The summed E-state index contributed by atoms with van der Waals surface area (Å²) >= 11 is 0. The molecule has 1 amide bonds. The quantitative estimate of drug-likeness (QED) is 0.859. The number of carbonyl (C=O) groups excluding carboxylic acids is 1. The van der Waals surface area contributed by atoms with Crippen molar-refractivity contribution in [3.63, 3.8) is 0 Å². The van der Waals surface area contributed by atoms with E-state index in [1.165, 1.54) is 12.8 Å². The molecule has 0 unspecified atom stereocenters. The van der Waals surface area contributed by atoms with Gasteiger partial charge in [0.15, 0.2) is 0 Å². The molecule has 1 aromatic rings. The van der Waals surface area contributed by atoms with Crippen molar-refractivity contribution < 1.29 is 4.79 Å². The zero-order valence-corrected chi connectivity index (χ0v) is 11.2. The molecule has 98 valence electrons. The number of piperidine rings is 1. The lowest BCUT2D eigenvalue weighted by molar-refractivity contribution is 0.0961. The van der Waals surface area contributed by atoms with Crippen molar-refractivity contribution in [3.8, 4) is 0 Å². The van der Waals surface area contributed by atoms with Gasteiger partial charge in [-0.2, -0.15) is 0 Å². The van der Waals surface area contributed by atoms with Crippen LogP contribution in [0.5, 0.6) is 0 Å². The number of aromatic nitrogens is 2. The lowest BCUT2D eigenvalue weighted by atomic mass is 10.00. The van der Waals surface area contributed by atoms with Crippen LogP contribution >= 0.6 is 0 Å². The second-order valence-corrected chi connectivity index (χ2v) is 4.92. The van der Waals surface area contributed by atoms with Crippen LogP contribution in [0.4, 0.5) is 5.95 Å². The van der Waals surface area contributed by atoms with Gasteiger partial charge in [0.25, 0.3) is 5.91 Å². The summed E-state index contributed by atoms with van der Waals surface area (Å²) in [6.45, 7) is 6.13. The fourth-order valence-electron chi connectivity index (χ4n) is 2.17. The monoisotopic (exact) mass is 248 g/mol. The maximum absolute atomic E-state index is 11.6. The van der Waals surface area contributed by atoms with Crippen molar-refractivity contribution in [3.05, 3.63) is 17.5 Å². The molecule has 1 aliphatic heterocycles. The van der Waals surface area contributed by atoms with Gasteiger partial charge in [-0.15, -0.1) is 0 Å². The maximum atomic E-state index is 11.6. The topological polar surface area (TPSA) is 58.1 Å². The number of hydrogen-bond acceptors (Lipinski definition) is 4. The van der Waals surface area contributed by atoms with Crippen LogP contribution in [0.1, 0.15) is 35.8 Å². The molecule has 1 aromatic heterocycles. The van der Waals surface area contributed by atoms with Gasteiger partial charge < -0.3 is 10.2 Å². The molecule has 0 bridgehead atoms. The van der Waals surface area contributed by atoms with Gasteiger partial charge in [0, 0.05) is 26.3 Å². The number of anilines is 1. The minimum atomic E-state index is -0.133. The van der Waals surface area contributed by atoms with Crippen molar-refractivity contribution in [1.29, 1.82) is 0 Å². The second kappa shape index (κ2) is 5.33. The van der Waals surface area contributed by atoms with E-state index in [-0.39, 0.29) is 5.91 Å². The molecule has 0 spiro atoms. The average Bonchev–Trinajstić information content (AvgIpc) is 2.38. The molecule has 1 saturated heterocycles. The van der Waals surface area contributed by atoms with Crippen LogP contribution in [0.25, 0.3) is 0 Å². The van der Waals surface area contributed by atoms with E-state index in [0.717, 1.165) is 30.6 Å². The molecule has 5 heteroatoms. The first-order valence-electron chi connectivity index (χ1n) is 6.42. The number of carbonyl (C=O) groups is 1. The normalized spacial score (nSPS) is 16.7. The van der Waals surface area contributed by atoms with Crippen LogP contribution in [0, 0.1) is 12.8 Å². The number of nitrogens with one attached hydrogen (secondary N) is 1. The Bertz CT molecular complexity index is 439. The summed E-state index contributed by atoms with van der Waals surface area (Å²) in [5.74, 6) is 1.39. The second-order valence-electron chi connectivity index (χ2n) is 4.92. The van der Waals surface area contributed by atoms with Crippen LogP contribution in [0.2, 0.25) is 0 Å². The molecule has 2 heterocycles. The lowest BCUT2D eigenvalue weighted by Gasteiger charge is -2.30. The minimum Gasteiger partial charge on any atom is -0.355 e. The fraction of sp³-hybridized carbons (Fsp3) is 0.615. The fourth-order valence-corrected chi connectivity index (χ4v) is 2.17. The third kappa shape index (κ3) is 2.60. The molecule has 2 rings (SSSR count). The molecule has 0 saturated carbocycles. The third-order valence-corrected chi connectivity index (χ3v) is 3.50. The van der Waals surface area contributed by atoms with Gasteiger partial charge >= 0.3 is 0 Å². The molecule has 18 heavy (non-hydrogen) atoms. The minimum absolute atomic E-state index is 0.133. The van der Waals surface area contributed by atoms with Crippen LogP contribution in [-0.4, -0.2) is 36.0 Å². The first-order valence-corrected chi connectivity index (χ1v) is 6.42. The van der Waals surface area contributed by atoms with Crippen molar-refractivity contribution in [2.24, 2.45) is 5.92 Å². The summed E-state index contributed by atoms with van der Waals surface area (Å²) in [7, 11) is 1.61. The third-order valence-electron chi connectivity index (χ3n) is 3.50. The van der Waals surface area contributed by atoms with Gasteiger partial charge in [-0.1, -0.05) is 6.92 Å². The van der Waals surface area contributed by atoms with E-state index < -0.39 is 0 Å². The molecular weight excluding hydrogens is 228 g/mol. The van der Waals surface area contributed by atoms with Crippen LogP contribution in [0.15, 0.2) is 6.20 Å². The Morgan fingerprint density at radius 2 is 2.11 bits per heavy atom. The van der Waals surface area contributed by atoms with Gasteiger partial charge in [-0.25, -0.2) is 9.97 Å². The number of amides is 1. The molecule has 1 N–H and O–H groups in total. The highest BCUT2D eigenvalue weighted by Gasteiger charge is 2.19. The molecule has 0 aliphatic carbocycles. The van der Waals surface area contributed by atoms with Gasteiger partial charge in [-0.05, 0) is 25.7 Å². The van der Waals surface area contributed by atoms with Gasteiger partial charge in [-0.3, -0.25) is 4.79 Å². The van der Waals surface area contributed by atoms with Gasteiger partial charge in [0.05, 0.1) is 11.3 Å². The molecule has 0 aromatic carbocycles. The van der Waals surface area contributed by atoms with Crippen molar-refractivity contribution in [1.82, 2.24) is 15.3 Å². The Labute approximate surface area is 108 Å². The van der Waals surface area contributed by atoms with Gasteiger partial charge in [0.2, 0.25) is 5.95 Å². The highest BCUT2D eigenvalue weighted by atomic mass is 16.1. The van der Waals surface area contributed by atoms with Crippen molar-refractivity contribution >= 4 is 11.9 Å². The van der Waals surface area contributed by atoms with E-state index in [4.69, 9.17) is 0 Å². The molecule has 5 nitrogen and oxygen atoms in total. The van der Waals surface area contributed by atoms with E-state index in [2.05, 4.69) is 27.1 Å². The SMILES string of the molecule is CNC(=O)c1cnc(N2CCC(C)CC2)nc1C. The first-order chi connectivity index (χ1) is 8.61. The van der Waals surface area contributed by atoms with E-state index in [9.17, 15) is 4.79 Å². The summed E-state index contributed by atoms with van der Waals surface area (Å²) in [5.41, 5.74) is 1.28. The summed E-state index contributed by atoms with van der Waals surface area (Å²) in [6, 6.07) is 0. The van der Waals surface area contributed by atoms with Gasteiger partial charge in [0.1, 0.15) is 0 Å². The maximum Gasteiger partial charge on any atom is 0.254 e. The molecular formula is C13H20N4O. The molecule has 1 fully saturated rings.